The van der Waals surface area contributed by atoms with Crippen molar-refractivity contribution >= 4 is 0 Å². The average molecular weight is 252 g/mol. The molecule has 0 spiro atoms. The standard InChI is InChI=1S/C16H28O2/c1-5-11-17-13(3)15-9-7-8-10-16(15)14(4)18-12-6-2/h5-6,11-16H,7-10H2,1-4H3. The molecule has 104 valence electrons. The molecule has 0 aromatic carbocycles. The summed E-state index contributed by atoms with van der Waals surface area (Å²) in [7, 11) is 0. The Balaban J connectivity index is 2.60. The van der Waals surface area contributed by atoms with E-state index >= 15 is 0 Å². The van der Waals surface area contributed by atoms with Crippen molar-refractivity contribution in [3.05, 3.63) is 24.7 Å². The topological polar surface area (TPSA) is 18.5 Å². The van der Waals surface area contributed by atoms with E-state index in [2.05, 4.69) is 13.8 Å². The molecule has 2 heteroatoms. The van der Waals surface area contributed by atoms with Crippen molar-refractivity contribution in [2.45, 2.75) is 65.6 Å². The van der Waals surface area contributed by atoms with Crippen LogP contribution in [-0.4, -0.2) is 12.2 Å². The third kappa shape index (κ3) is 4.40. The lowest BCUT2D eigenvalue weighted by Crippen LogP contribution is -2.36. The van der Waals surface area contributed by atoms with Gasteiger partial charge in [-0.05, 0) is 40.5 Å². The fourth-order valence-corrected chi connectivity index (χ4v) is 2.96. The number of rotatable bonds is 6. The molecule has 0 radical (unpaired) electrons. The summed E-state index contributed by atoms with van der Waals surface area (Å²) in [4.78, 5) is 0. The van der Waals surface area contributed by atoms with Crippen molar-refractivity contribution in [2.24, 2.45) is 11.8 Å². The van der Waals surface area contributed by atoms with Crippen LogP contribution < -0.4 is 0 Å². The van der Waals surface area contributed by atoms with Crippen molar-refractivity contribution in [1.29, 1.82) is 0 Å². The van der Waals surface area contributed by atoms with Gasteiger partial charge in [0.15, 0.2) is 0 Å². The lowest BCUT2D eigenvalue weighted by molar-refractivity contribution is -0.0128. The molecule has 4 atom stereocenters. The minimum Gasteiger partial charge on any atom is -0.498 e. The molecule has 2 nitrogen and oxygen atoms in total. The predicted molar refractivity (Wildman–Crippen MR) is 76.2 cm³/mol. The highest BCUT2D eigenvalue weighted by Crippen LogP contribution is 2.36. The van der Waals surface area contributed by atoms with Crippen LogP contribution in [0.1, 0.15) is 53.4 Å². The van der Waals surface area contributed by atoms with Gasteiger partial charge in [-0.3, -0.25) is 0 Å². The van der Waals surface area contributed by atoms with Gasteiger partial charge in [-0.1, -0.05) is 25.0 Å². The Labute approximate surface area is 112 Å². The second-order valence-corrected chi connectivity index (χ2v) is 5.23. The number of allylic oxidation sites excluding steroid dienone is 2. The van der Waals surface area contributed by atoms with Crippen molar-refractivity contribution in [3.63, 3.8) is 0 Å². The Bertz CT molecular complexity index is 242. The molecular formula is C16H28O2. The van der Waals surface area contributed by atoms with Crippen molar-refractivity contribution in [1.82, 2.24) is 0 Å². The minimum absolute atomic E-state index is 0.281. The fraction of sp³-hybridized carbons (Fsp3) is 0.750. The largest absolute Gasteiger partial charge is 0.498 e. The maximum absolute atomic E-state index is 5.76. The monoisotopic (exact) mass is 252 g/mol. The van der Waals surface area contributed by atoms with Crippen LogP contribution in [0.4, 0.5) is 0 Å². The zero-order chi connectivity index (χ0) is 13.4. The molecule has 0 aromatic rings. The van der Waals surface area contributed by atoms with Gasteiger partial charge in [-0.2, -0.15) is 0 Å². The fourth-order valence-electron chi connectivity index (χ4n) is 2.96. The molecule has 0 heterocycles. The van der Waals surface area contributed by atoms with E-state index in [0.717, 1.165) is 0 Å². The number of ether oxygens (including phenoxy) is 2. The predicted octanol–water partition coefficient (Wildman–Crippen LogP) is 4.67. The van der Waals surface area contributed by atoms with Gasteiger partial charge in [0, 0.05) is 11.8 Å². The first-order valence-corrected chi connectivity index (χ1v) is 7.24. The molecule has 4 unspecified atom stereocenters. The van der Waals surface area contributed by atoms with E-state index < -0.39 is 0 Å². The molecular weight excluding hydrogens is 224 g/mol. The molecule has 1 aliphatic rings. The first kappa shape index (κ1) is 15.1. The zero-order valence-electron chi connectivity index (χ0n) is 12.3. The van der Waals surface area contributed by atoms with Crippen LogP contribution in [0.25, 0.3) is 0 Å². The second kappa shape index (κ2) is 8.23. The van der Waals surface area contributed by atoms with Gasteiger partial charge < -0.3 is 9.47 Å². The highest BCUT2D eigenvalue weighted by Gasteiger charge is 2.34. The Hall–Kier alpha value is -0.920. The van der Waals surface area contributed by atoms with Gasteiger partial charge >= 0.3 is 0 Å². The molecule has 1 aliphatic carbocycles. The highest BCUT2D eigenvalue weighted by molar-refractivity contribution is 4.85. The molecule has 1 rings (SSSR count). The summed E-state index contributed by atoms with van der Waals surface area (Å²) in [5, 5.41) is 0. The molecule has 0 amide bonds. The Morgan fingerprint density at radius 3 is 1.56 bits per heavy atom. The maximum Gasteiger partial charge on any atom is 0.0982 e. The van der Waals surface area contributed by atoms with Crippen molar-refractivity contribution in [2.75, 3.05) is 0 Å². The van der Waals surface area contributed by atoms with E-state index in [1.165, 1.54) is 25.7 Å². The Morgan fingerprint density at radius 2 is 1.22 bits per heavy atom. The van der Waals surface area contributed by atoms with E-state index in [1.807, 2.05) is 38.5 Å². The molecule has 0 aliphatic heterocycles. The summed E-state index contributed by atoms with van der Waals surface area (Å²) in [6.45, 7) is 8.35. The summed E-state index contributed by atoms with van der Waals surface area (Å²) >= 11 is 0. The summed E-state index contributed by atoms with van der Waals surface area (Å²) in [5.74, 6) is 1.21. The minimum atomic E-state index is 0.281. The molecule has 1 fully saturated rings. The van der Waals surface area contributed by atoms with Gasteiger partial charge in [0.25, 0.3) is 0 Å². The molecule has 0 N–H and O–H groups in total. The quantitative estimate of drug-likeness (QED) is 0.639. The molecule has 0 aromatic heterocycles. The molecule has 1 saturated carbocycles. The van der Waals surface area contributed by atoms with Crippen molar-refractivity contribution in [3.8, 4) is 0 Å². The van der Waals surface area contributed by atoms with Gasteiger partial charge in [-0.25, -0.2) is 0 Å². The summed E-state index contributed by atoms with van der Waals surface area (Å²) in [6, 6.07) is 0. The van der Waals surface area contributed by atoms with Gasteiger partial charge in [0.1, 0.15) is 0 Å². The van der Waals surface area contributed by atoms with Gasteiger partial charge in [0.2, 0.25) is 0 Å². The first-order valence-electron chi connectivity index (χ1n) is 7.24. The van der Waals surface area contributed by atoms with Crippen LogP contribution in [-0.2, 0) is 9.47 Å². The van der Waals surface area contributed by atoms with E-state index in [0.29, 0.717) is 11.8 Å². The summed E-state index contributed by atoms with van der Waals surface area (Å²) in [5.41, 5.74) is 0. The second-order valence-electron chi connectivity index (χ2n) is 5.23. The highest BCUT2D eigenvalue weighted by atomic mass is 16.5. The van der Waals surface area contributed by atoms with Crippen LogP contribution in [0, 0.1) is 11.8 Å². The maximum atomic E-state index is 5.76. The third-order valence-electron chi connectivity index (χ3n) is 3.94. The SMILES string of the molecule is CC=COC(C)C1CCCCC1C(C)OC=CC. The van der Waals surface area contributed by atoms with Gasteiger partial charge in [-0.15, -0.1) is 0 Å². The smallest absolute Gasteiger partial charge is 0.0982 e. The molecule has 0 saturated heterocycles. The van der Waals surface area contributed by atoms with Crippen LogP contribution >= 0.6 is 0 Å². The lowest BCUT2D eigenvalue weighted by Gasteiger charge is -2.38. The first-order chi connectivity index (χ1) is 8.70. The number of hydrogen-bond donors (Lipinski definition) is 0. The average Bonchev–Trinajstić information content (AvgIpc) is 2.42. The van der Waals surface area contributed by atoms with E-state index in [9.17, 15) is 0 Å². The molecule has 0 bridgehead atoms. The van der Waals surface area contributed by atoms with E-state index in [1.54, 1.807) is 0 Å². The summed E-state index contributed by atoms with van der Waals surface area (Å²) in [6.07, 6.45) is 13.2. The summed E-state index contributed by atoms with van der Waals surface area (Å²) < 4.78 is 11.5. The van der Waals surface area contributed by atoms with Crippen LogP contribution in [0.5, 0.6) is 0 Å². The van der Waals surface area contributed by atoms with Crippen LogP contribution in [0.15, 0.2) is 24.7 Å². The Morgan fingerprint density at radius 1 is 0.833 bits per heavy atom. The normalized spacial score (nSPS) is 28.4. The van der Waals surface area contributed by atoms with Crippen LogP contribution in [0.3, 0.4) is 0 Å². The number of hydrogen-bond acceptors (Lipinski definition) is 2. The third-order valence-corrected chi connectivity index (χ3v) is 3.94. The molecule has 18 heavy (non-hydrogen) atoms. The van der Waals surface area contributed by atoms with E-state index in [-0.39, 0.29) is 12.2 Å². The van der Waals surface area contributed by atoms with E-state index in [4.69, 9.17) is 9.47 Å². The Kier molecular flexibility index (Phi) is 6.92. The van der Waals surface area contributed by atoms with Crippen molar-refractivity contribution < 1.29 is 9.47 Å². The van der Waals surface area contributed by atoms with Crippen LogP contribution in [0.2, 0.25) is 0 Å². The zero-order valence-corrected chi connectivity index (χ0v) is 12.3. The lowest BCUT2D eigenvalue weighted by atomic mass is 9.74. The van der Waals surface area contributed by atoms with Gasteiger partial charge in [0.05, 0.1) is 24.7 Å².